The molecule has 17 heavy (non-hydrogen) atoms. The summed E-state index contributed by atoms with van der Waals surface area (Å²) in [5.41, 5.74) is 0. The Hall–Kier alpha value is 0.270. The van der Waals surface area contributed by atoms with Gasteiger partial charge in [-0.05, 0) is 50.9 Å². The second-order valence-electron chi connectivity index (χ2n) is 5.57. The first-order valence-electron chi connectivity index (χ1n) is 7.40. The lowest BCUT2D eigenvalue weighted by Gasteiger charge is -2.39. The lowest BCUT2D eigenvalue weighted by molar-refractivity contribution is 0.167. The molecule has 3 heteroatoms. The molecule has 0 aliphatic carbocycles. The molecular weight excluding hydrogens is 228 g/mol. The summed E-state index contributed by atoms with van der Waals surface area (Å²) >= 11 is 2.18. The van der Waals surface area contributed by atoms with Crippen LogP contribution in [0.15, 0.2) is 0 Å². The van der Waals surface area contributed by atoms with Crippen molar-refractivity contribution in [1.29, 1.82) is 0 Å². The minimum absolute atomic E-state index is 0.765. The maximum absolute atomic E-state index is 3.65. The molecule has 0 saturated carbocycles. The van der Waals surface area contributed by atoms with Crippen molar-refractivity contribution in [1.82, 2.24) is 10.2 Å². The summed E-state index contributed by atoms with van der Waals surface area (Å²) in [4.78, 5) is 2.78. The van der Waals surface area contributed by atoms with Crippen molar-refractivity contribution in [3.05, 3.63) is 0 Å². The summed E-state index contributed by atoms with van der Waals surface area (Å²) in [5.74, 6) is 1.37. The van der Waals surface area contributed by atoms with Crippen LogP contribution in [-0.2, 0) is 0 Å². The van der Waals surface area contributed by atoms with Crippen LogP contribution in [0.1, 0.15) is 46.0 Å². The number of thioether (sulfide) groups is 1. The van der Waals surface area contributed by atoms with Gasteiger partial charge in [0.25, 0.3) is 0 Å². The second kappa shape index (κ2) is 7.01. The topological polar surface area (TPSA) is 15.3 Å². The highest BCUT2D eigenvalue weighted by Gasteiger charge is 2.29. The van der Waals surface area contributed by atoms with Crippen LogP contribution in [0.5, 0.6) is 0 Å². The predicted octanol–water partition coefficient (Wildman–Crippen LogP) is 2.73. The van der Waals surface area contributed by atoms with Gasteiger partial charge in [0.05, 0.1) is 0 Å². The van der Waals surface area contributed by atoms with E-state index in [4.69, 9.17) is 0 Å². The van der Waals surface area contributed by atoms with Crippen LogP contribution in [0.3, 0.4) is 0 Å². The predicted molar refractivity (Wildman–Crippen MR) is 77.8 cm³/mol. The summed E-state index contributed by atoms with van der Waals surface area (Å²) < 4.78 is 0. The molecular formula is C14H28N2S. The minimum atomic E-state index is 0.765. The molecule has 2 saturated heterocycles. The van der Waals surface area contributed by atoms with Gasteiger partial charge < -0.3 is 5.32 Å². The average molecular weight is 256 g/mol. The standard InChI is InChI=1S/C14H28N2S/c1-3-9-16(11-13-6-4-8-15-13)14-7-5-10-17-12(14)2/h12-15H,3-11H2,1-2H3. The summed E-state index contributed by atoms with van der Waals surface area (Å²) in [6.07, 6.45) is 6.88. The van der Waals surface area contributed by atoms with Crippen LogP contribution in [0.25, 0.3) is 0 Å². The highest BCUT2D eigenvalue weighted by atomic mass is 32.2. The Bertz CT molecular complexity index is 216. The third-order valence-corrected chi connectivity index (χ3v) is 5.53. The van der Waals surface area contributed by atoms with Crippen LogP contribution < -0.4 is 5.32 Å². The van der Waals surface area contributed by atoms with Gasteiger partial charge in [-0.3, -0.25) is 4.90 Å². The normalized spacial score (nSPS) is 34.4. The zero-order chi connectivity index (χ0) is 12.1. The third kappa shape index (κ3) is 3.87. The summed E-state index contributed by atoms with van der Waals surface area (Å²) in [6, 6.07) is 1.59. The maximum Gasteiger partial charge on any atom is 0.0212 e. The fraction of sp³-hybridized carbons (Fsp3) is 1.00. The van der Waals surface area contributed by atoms with Crippen LogP contribution >= 0.6 is 11.8 Å². The van der Waals surface area contributed by atoms with E-state index in [2.05, 4.69) is 35.8 Å². The van der Waals surface area contributed by atoms with E-state index < -0.39 is 0 Å². The first-order chi connectivity index (χ1) is 8.31. The summed E-state index contributed by atoms with van der Waals surface area (Å²) in [7, 11) is 0. The Kier molecular flexibility index (Phi) is 5.64. The van der Waals surface area contributed by atoms with Gasteiger partial charge in [0.15, 0.2) is 0 Å². The number of nitrogens with zero attached hydrogens (tertiary/aromatic N) is 1. The van der Waals surface area contributed by atoms with Gasteiger partial charge in [-0.15, -0.1) is 0 Å². The molecule has 0 spiro atoms. The molecule has 0 aromatic rings. The number of hydrogen-bond acceptors (Lipinski definition) is 3. The molecule has 2 aliphatic rings. The van der Waals surface area contributed by atoms with Gasteiger partial charge in [-0.25, -0.2) is 0 Å². The lowest BCUT2D eigenvalue weighted by Crippen LogP contribution is -2.48. The molecule has 2 nitrogen and oxygen atoms in total. The van der Waals surface area contributed by atoms with E-state index in [0.29, 0.717) is 0 Å². The van der Waals surface area contributed by atoms with Crippen LogP contribution in [-0.4, -0.2) is 47.6 Å². The molecule has 0 aromatic carbocycles. The lowest BCUT2D eigenvalue weighted by atomic mass is 10.0. The molecule has 0 aromatic heterocycles. The van der Waals surface area contributed by atoms with Crippen LogP contribution in [0.2, 0.25) is 0 Å². The fourth-order valence-corrected chi connectivity index (χ4v) is 4.50. The third-order valence-electron chi connectivity index (χ3n) is 4.16. The van der Waals surface area contributed by atoms with Crippen molar-refractivity contribution in [2.45, 2.75) is 63.3 Å². The van der Waals surface area contributed by atoms with E-state index in [0.717, 1.165) is 17.3 Å². The Morgan fingerprint density at radius 3 is 2.82 bits per heavy atom. The van der Waals surface area contributed by atoms with Crippen molar-refractivity contribution in [3.63, 3.8) is 0 Å². The van der Waals surface area contributed by atoms with E-state index in [1.165, 1.54) is 57.5 Å². The van der Waals surface area contributed by atoms with E-state index in [-0.39, 0.29) is 0 Å². The van der Waals surface area contributed by atoms with Crippen molar-refractivity contribution >= 4 is 11.8 Å². The Morgan fingerprint density at radius 2 is 2.18 bits per heavy atom. The van der Waals surface area contributed by atoms with Gasteiger partial charge in [-0.1, -0.05) is 13.8 Å². The zero-order valence-corrected chi connectivity index (χ0v) is 12.3. The molecule has 0 bridgehead atoms. The molecule has 3 unspecified atom stereocenters. The zero-order valence-electron chi connectivity index (χ0n) is 11.5. The Labute approximate surface area is 111 Å². The number of rotatable bonds is 5. The number of nitrogens with one attached hydrogen (secondary N) is 1. The Morgan fingerprint density at radius 1 is 1.29 bits per heavy atom. The molecule has 2 fully saturated rings. The molecule has 2 rings (SSSR count). The maximum atomic E-state index is 3.65. The van der Waals surface area contributed by atoms with Crippen molar-refractivity contribution in [3.8, 4) is 0 Å². The van der Waals surface area contributed by atoms with E-state index >= 15 is 0 Å². The largest absolute Gasteiger partial charge is 0.313 e. The highest BCUT2D eigenvalue weighted by molar-refractivity contribution is 7.99. The van der Waals surface area contributed by atoms with Gasteiger partial charge in [-0.2, -0.15) is 11.8 Å². The minimum Gasteiger partial charge on any atom is -0.313 e. The fourth-order valence-electron chi connectivity index (χ4n) is 3.26. The molecule has 100 valence electrons. The summed E-state index contributed by atoms with van der Waals surface area (Å²) in [6.45, 7) is 8.55. The molecule has 0 amide bonds. The van der Waals surface area contributed by atoms with E-state index in [1.807, 2.05) is 0 Å². The van der Waals surface area contributed by atoms with Crippen LogP contribution in [0.4, 0.5) is 0 Å². The molecule has 2 heterocycles. The van der Waals surface area contributed by atoms with E-state index in [9.17, 15) is 0 Å². The monoisotopic (exact) mass is 256 g/mol. The SMILES string of the molecule is CCCN(CC1CCCN1)C1CCCSC1C. The Balaban J connectivity index is 1.89. The van der Waals surface area contributed by atoms with Crippen molar-refractivity contribution in [2.75, 3.05) is 25.4 Å². The second-order valence-corrected chi connectivity index (χ2v) is 7.06. The van der Waals surface area contributed by atoms with Crippen molar-refractivity contribution in [2.24, 2.45) is 0 Å². The van der Waals surface area contributed by atoms with Gasteiger partial charge in [0, 0.05) is 23.9 Å². The average Bonchev–Trinajstić information content (AvgIpc) is 2.82. The smallest absolute Gasteiger partial charge is 0.0212 e. The highest BCUT2D eigenvalue weighted by Crippen LogP contribution is 2.29. The first kappa shape index (κ1) is 13.7. The molecule has 1 N–H and O–H groups in total. The quantitative estimate of drug-likeness (QED) is 0.814. The molecule has 0 radical (unpaired) electrons. The van der Waals surface area contributed by atoms with Gasteiger partial charge in [0.2, 0.25) is 0 Å². The van der Waals surface area contributed by atoms with Gasteiger partial charge >= 0.3 is 0 Å². The summed E-state index contributed by atoms with van der Waals surface area (Å²) in [5, 5.41) is 4.48. The van der Waals surface area contributed by atoms with E-state index in [1.54, 1.807) is 0 Å². The van der Waals surface area contributed by atoms with Crippen LogP contribution in [0, 0.1) is 0 Å². The van der Waals surface area contributed by atoms with Gasteiger partial charge in [0.1, 0.15) is 0 Å². The van der Waals surface area contributed by atoms with Crippen molar-refractivity contribution < 1.29 is 0 Å². The number of hydrogen-bond donors (Lipinski definition) is 1. The molecule has 3 atom stereocenters. The molecule has 2 aliphatic heterocycles. The first-order valence-corrected chi connectivity index (χ1v) is 8.45.